The van der Waals surface area contributed by atoms with E-state index in [0.29, 0.717) is 34.3 Å². The fraction of sp³-hybridized carbons (Fsp3) is 0.261. The molecule has 3 aromatic heterocycles. The summed E-state index contributed by atoms with van der Waals surface area (Å²) in [6, 6.07) is 13.1. The number of nitrogens with one attached hydrogen (secondary N) is 1. The molecule has 8 nitrogen and oxygen atoms in total. The fourth-order valence-electron chi connectivity index (χ4n) is 3.33. The normalized spacial score (nSPS) is 12.1. The minimum absolute atomic E-state index is 0.107. The third-order valence-corrected chi connectivity index (χ3v) is 6.36. The van der Waals surface area contributed by atoms with Gasteiger partial charge in [0.15, 0.2) is 5.16 Å². The van der Waals surface area contributed by atoms with Crippen LogP contribution >= 0.6 is 11.8 Å². The number of carbonyl (C=O) groups excluding carboxylic acids is 1. The molecule has 164 valence electrons. The monoisotopic (exact) mass is 448 g/mol. The first kappa shape index (κ1) is 21.8. The second-order valence-electron chi connectivity index (χ2n) is 7.67. The number of carbonyl (C=O) groups is 1. The van der Waals surface area contributed by atoms with Gasteiger partial charge in [-0.05, 0) is 44.5 Å². The smallest absolute Gasteiger partial charge is 0.261 e. The molecule has 9 heteroatoms. The topological polar surface area (TPSA) is 94.2 Å². The summed E-state index contributed by atoms with van der Waals surface area (Å²) < 4.78 is 3.39. The maximum absolute atomic E-state index is 13.1. The molecule has 0 saturated heterocycles. The number of anilines is 1. The standard InChI is InChI=1S/C23H24N6O2S/c1-14-10-11-19-24-15(2)18(22(31)29(19)13-14)12-20-26-27-23(28(20)4)32-16(3)21(30)25-17-8-6-5-7-9-17/h5-11,13,16H,12H2,1-4H3,(H,25,30)/t16-/m1/s1. The van der Waals surface area contributed by atoms with Crippen molar-refractivity contribution in [2.24, 2.45) is 7.05 Å². The van der Waals surface area contributed by atoms with E-state index in [1.807, 2.05) is 74.9 Å². The Morgan fingerprint density at radius 2 is 1.88 bits per heavy atom. The van der Waals surface area contributed by atoms with Crippen molar-refractivity contribution in [3.8, 4) is 0 Å². The van der Waals surface area contributed by atoms with Crippen LogP contribution in [-0.4, -0.2) is 35.3 Å². The number of aromatic nitrogens is 5. The average Bonchev–Trinajstić information content (AvgIpc) is 3.11. The third kappa shape index (κ3) is 4.43. The highest BCUT2D eigenvalue weighted by molar-refractivity contribution is 8.00. The maximum atomic E-state index is 13.1. The summed E-state index contributed by atoms with van der Waals surface area (Å²) in [6.45, 7) is 5.59. The van der Waals surface area contributed by atoms with Crippen LogP contribution in [0.25, 0.3) is 5.65 Å². The number of hydrogen-bond donors (Lipinski definition) is 1. The molecule has 0 aliphatic carbocycles. The predicted octanol–water partition coefficient (Wildman–Crippen LogP) is 3.15. The Kier molecular flexibility index (Phi) is 6.09. The molecule has 1 atom stereocenters. The van der Waals surface area contributed by atoms with E-state index in [4.69, 9.17) is 0 Å². The molecule has 0 saturated carbocycles. The third-order valence-electron chi connectivity index (χ3n) is 5.22. The summed E-state index contributed by atoms with van der Waals surface area (Å²) in [6.07, 6.45) is 2.10. The van der Waals surface area contributed by atoms with E-state index in [-0.39, 0.29) is 16.7 Å². The van der Waals surface area contributed by atoms with Crippen molar-refractivity contribution in [3.05, 3.63) is 81.7 Å². The molecule has 0 bridgehead atoms. The number of thioether (sulfide) groups is 1. The van der Waals surface area contributed by atoms with Gasteiger partial charge in [0, 0.05) is 36.6 Å². The Labute approximate surface area is 189 Å². The van der Waals surface area contributed by atoms with Crippen LogP contribution in [0.3, 0.4) is 0 Å². The summed E-state index contributed by atoms with van der Waals surface area (Å²) in [5.74, 6) is 0.520. The van der Waals surface area contributed by atoms with Crippen molar-refractivity contribution in [3.63, 3.8) is 0 Å². The molecule has 4 aromatic rings. The van der Waals surface area contributed by atoms with Gasteiger partial charge >= 0.3 is 0 Å². The summed E-state index contributed by atoms with van der Waals surface area (Å²) >= 11 is 1.32. The number of hydrogen-bond acceptors (Lipinski definition) is 6. The lowest BCUT2D eigenvalue weighted by Gasteiger charge is -2.12. The van der Waals surface area contributed by atoms with Gasteiger partial charge < -0.3 is 9.88 Å². The van der Waals surface area contributed by atoms with Crippen molar-refractivity contribution in [2.45, 2.75) is 37.6 Å². The van der Waals surface area contributed by atoms with E-state index < -0.39 is 0 Å². The largest absolute Gasteiger partial charge is 0.325 e. The van der Waals surface area contributed by atoms with Gasteiger partial charge in [-0.2, -0.15) is 0 Å². The van der Waals surface area contributed by atoms with Crippen LogP contribution in [0.15, 0.2) is 58.6 Å². The van der Waals surface area contributed by atoms with Gasteiger partial charge in [0.1, 0.15) is 11.5 Å². The molecule has 0 spiro atoms. The van der Waals surface area contributed by atoms with E-state index in [1.54, 1.807) is 10.6 Å². The zero-order valence-corrected chi connectivity index (χ0v) is 19.2. The van der Waals surface area contributed by atoms with E-state index in [9.17, 15) is 9.59 Å². The van der Waals surface area contributed by atoms with E-state index in [2.05, 4.69) is 20.5 Å². The first-order valence-electron chi connectivity index (χ1n) is 10.2. The molecule has 1 N–H and O–H groups in total. The highest BCUT2D eigenvalue weighted by Crippen LogP contribution is 2.23. The van der Waals surface area contributed by atoms with Gasteiger partial charge in [-0.3, -0.25) is 14.0 Å². The molecule has 0 aliphatic heterocycles. The molecule has 0 unspecified atom stereocenters. The Hall–Kier alpha value is -3.46. The van der Waals surface area contributed by atoms with Crippen LogP contribution < -0.4 is 10.9 Å². The highest BCUT2D eigenvalue weighted by atomic mass is 32.2. The molecule has 1 amide bonds. The van der Waals surface area contributed by atoms with E-state index >= 15 is 0 Å². The van der Waals surface area contributed by atoms with Crippen molar-refractivity contribution < 1.29 is 4.79 Å². The lowest BCUT2D eigenvalue weighted by atomic mass is 10.1. The van der Waals surface area contributed by atoms with Crippen LogP contribution in [0.5, 0.6) is 0 Å². The fourth-order valence-corrected chi connectivity index (χ4v) is 4.17. The second kappa shape index (κ2) is 8.96. The van der Waals surface area contributed by atoms with Crippen LogP contribution in [-0.2, 0) is 18.3 Å². The zero-order chi connectivity index (χ0) is 22.8. The molecule has 0 aliphatic rings. The number of para-hydroxylation sites is 1. The van der Waals surface area contributed by atoms with Crippen molar-refractivity contribution in [1.29, 1.82) is 0 Å². The maximum Gasteiger partial charge on any atom is 0.261 e. The highest BCUT2D eigenvalue weighted by Gasteiger charge is 2.20. The van der Waals surface area contributed by atoms with Gasteiger partial charge in [-0.1, -0.05) is 36.0 Å². The predicted molar refractivity (Wildman–Crippen MR) is 125 cm³/mol. The number of rotatable bonds is 6. The minimum Gasteiger partial charge on any atom is -0.325 e. The van der Waals surface area contributed by atoms with Crippen molar-refractivity contribution in [1.82, 2.24) is 24.1 Å². The van der Waals surface area contributed by atoms with E-state index in [1.165, 1.54) is 11.8 Å². The van der Waals surface area contributed by atoms with Crippen LogP contribution in [0.4, 0.5) is 5.69 Å². The van der Waals surface area contributed by atoms with Gasteiger partial charge in [-0.25, -0.2) is 4.98 Å². The van der Waals surface area contributed by atoms with Crippen LogP contribution in [0, 0.1) is 13.8 Å². The minimum atomic E-state index is -0.372. The first-order chi connectivity index (χ1) is 15.3. The van der Waals surface area contributed by atoms with Gasteiger partial charge in [-0.15, -0.1) is 10.2 Å². The average molecular weight is 449 g/mol. The van der Waals surface area contributed by atoms with Crippen LogP contribution in [0.1, 0.15) is 29.6 Å². The number of nitrogens with zero attached hydrogens (tertiary/aromatic N) is 5. The van der Waals surface area contributed by atoms with Crippen molar-refractivity contribution >= 4 is 29.0 Å². The van der Waals surface area contributed by atoms with Crippen LogP contribution in [0.2, 0.25) is 0 Å². The number of benzene rings is 1. The molecule has 0 radical (unpaired) electrons. The summed E-state index contributed by atoms with van der Waals surface area (Å²) in [5.41, 5.74) is 3.50. The molecule has 0 fully saturated rings. The Morgan fingerprint density at radius 3 is 2.62 bits per heavy atom. The zero-order valence-electron chi connectivity index (χ0n) is 18.4. The Morgan fingerprint density at radius 1 is 1.12 bits per heavy atom. The Bertz CT molecular complexity index is 1350. The quantitative estimate of drug-likeness (QED) is 0.456. The Balaban J connectivity index is 1.53. The lowest BCUT2D eigenvalue weighted by Crippen LogP contribution is -2.23. The number of amides is 1. The number of aryl methyl sites for hydroxylation is 2. The molecule has 32 heavy (non-hydrogen) atoms. The number of pyridine rings is 1. The molecule has 4 rings (SSSR count). The lowest BCUT2D eigenvalue weighted by molar-refractivity contribution is -0.115. The molecule has 1 aromatic carbocycles. The van der Waals surface area contributed by atoms with Gasteiger partial charge in [0.05, 0.1) is 5.25 Å². The number of fused-ring (bicyclic) bond motifs is 1. The first-order valence-corrected chi connectivity index (χ1v) is 11.1. The second-order valence-corrected chi connectivity index (χ2v) is 8.97. The van der Waals surface area contributed by atoms with E-state index in [0.717, 1.165) is 11.3 Å². The van der Waals surface area contributed by atoms with Gasteiger partial charge in [0.25, 0.3) is 5.56 Å². The van der Waals surface area contributed by atoms with Crippen molar-refractivity contribution in [2.75, 3.05) is 5.32 Å². The van der Waals surface area contributed by atoms with Gasteiger partial charge in [0.2, 0.25) is 5.91 Å². The SMILES string of the molecule is Cc1ccc2nc(C)c(Cc3nnc(S[C@H](C)C(=O)Nc4ccccc4)n3C)c(=O)n2c1. The summed E-state index contributed by atoms with van der Waals surface area (Å²) in [5, 5.41) is 11.6. The summed E-state index contributed by atoms with van der Waals surface area (Å²) in [4.78, 5) is 30.2. The molecule has 3 heterocycles. The molecular weight excluding hydrogens is 424 g/mol. The molecular formula is C23H24N6O2S. The summed E-state index contributed by atoms with van der Waals surface area (Å²) in [7, 11) is 1.84.